The molecule has 28 heavy (non-hydrogen) atoms. The largest absolute Gasteiger partial charge is 0.369 e. The van der Waals surface area contributed by atoms with Gasteiger partial charge in [0.25, 0.3) is 0 Å². The van der Waals surface area contributed by atoms with Crippen molar-refractivity contribution in [2.45, 2.75) is 32.2 Å². The van der Waals surface area contributed by atoms with E-state index < -0.39 is 0 Å². The van der Waals surface area contributed by atoms with Gasteiger partial charge in [-0.25, -0.2) is 0 Å². The second kappa shape index (κ2) is 10.7. The number of benzene rings is 1. The maximum Gasteiger partial charge on any atom is 0.223 e. The first-order chi connectivity index (χ1) is 12.7. The lowest BCUT2D eigenvalue weighted by molar-refractivity contribution is -0.130. The first-order valence-electron chi connectivity index (χ1n) is 10.2. The van der Waals surface area contributed by atoms with E-state index in [9.17, 15) is 4.79 Å². The molecule has 3 aliphatic heterocycles. The summed E-state index contributed by atoms with van der Waals surface area (Å²) in [6.45, 7) is 10.3. The fraction of sp³-hybridized carbons (Fsp3) is 0.667. The van der Waals surface area contributed by atoms with Crippen LogP contribution in [-0.4, -0.2) is 74.1 Å². The second-order valence-corrected chi connectivity index (χ2v) is 8.18. The summed E-state index contributed by atoms with van der Waals surface area (Å²) in [7, 11) is 0. The zero-order valence-corrected chi connectivity index (χ0v) is 18.4. The zero-order valence-electron chi connectivity index (χ0n) is 16.8. The molecular weight excluding hydrogens is 395 g/mol. The second-order valence-electron chi connectivity index (χ2n) is 8.18. The van der Waals surface area contributed by atoms with E-state index >= 15 is 0 Å². The molecule has 3 aliphatic rings. The number of amides is 1. The third-order valence-electron chi connectivity index (χ3n) is 6.33. The number of piperidine rings is 1. The molecule has 3 heterocycles. The van der Waals surface area contributed by atoms with Gasteiger partial charge in [0.1, 0.15) is 0 Å². The van der Waals surface area contributed by atoms with Crippen molar-refractivity contribution in [3.8, 4) is 0 Å². The third-order valence-corrected chi connectivity index (χ3v) is 6.33. The Morgan fingerprint density at radius 2 is 1.93 bits per heavy atom. The number of carbonyl (C=O) groups is 1. The van der Waals surface area contributed by atoms with E-state index in [1.54, 1.807) is 0 Å². The van der Waals surface area contributed by atoms with Gasteiger partial charge in [0.15, 0.2) is 0 Å². The first kappa shape index (κ1) is 23.3. The Balaban J connectivity index is 0.00000140. The molecule has 1 amide bonds. The number of nitrogens with one attached hydrogen (secondary N) is 1. The van der Waals surface area contributed by atoms with Crippen molar-refractivity contribution in [2.75, 3.05) is 57.3 Å². The summed E-state index contributed by atoms with van der Waals surface area (Å²) in [6.07, 6.45) is 3.21. The van der Waals surface area contributed by atoms with E-state index in [1.807, 2.05) is 0 Å². The van der Waals surface area contributed by atoms with Crippen molar-refractivity contribution >= 4 is 36.4 Å². The number of rotatable bonds is 4. The molecule has 0 unspecified atom stereocenters. The molecule has 0 saturated carbocycles. The number of anilines is 1. The van der Waals surface area contributed by atoms with Gasteiger partial charge >= 0.3 is 0 Å². The van der Waals surface area contributed by atoms with Crippen LogP contribution in [0.5, 0.6) is 0 Å². The highest BCUT2D eigenvalue weighted by Gasteiger charge is 2.36. The number of hydrogen-bond donors (Lipinski definition) is 1. The average Bonchev–Trinajstić information content (AvgIpc) is 3.11. The van der Waals surface area contributed by atoms with Gasteiger partial charge in [-0.3, -0.25) is 9.69 Å². The van der Waals surface area contributed by atoms with Crippen LogP contribution in [0.2, 0.25) is 0 Å². The molecule has 1 aromatic rings. The van der Waals surface area contributed by atoms with Crippen LogP contribution in [0.15, 0.2) is 24.3 Å². The summed E-state index contributed by atoms with van der Waals surface area (Å²) in [5, 5.41) is 3.59. The van der Waals surface area contributed by atoms with Crippen molar-refractivity contribution < 1.29 is 4.79 Å². The molecule has 0 aliphatic carbocycles. The summed E-state index contributed by atoms with van der Waals surface area (Å²) >= 11 is 0. The van der Waals surface area contributed by atoms with E-state index in [4.69, 9.17) is 0 Å². The number of likely N-dealkylation sites (tertiary alicyclic amines) is 1. The molecule has 0 bridgehead atoms. The molecule has 4 rings (SSSR count). The SMILES string of the molecule is Cc1cccc(N2CCN(CCC(=O)N3C[C@@H]4CCCN[C@@H]4C3)CC2)c1.Cl.Cl. The van der Waals surface area contributed by atoms with Gasteiger partial charge in [0, 0.05) is 64.0 Å². The summed E-state index contributed by atoms with van der Waals surface area (Å²) in [5.74, 6) is 1.04. The minimum absolute atomic E-state index is 0. The van der Waals surface area contributed by atoms with Gasteiger partial charge < -0.3 is 15.1 Å². The average molecular weight is 429 g/mol. The van der Waals surface area contributed by atoms with Crippen LogP contribution < -0.4 is 10.2 Å². The Morgan fingerprint density at radius 1 is 1.14 bits per heavy atom. The van der Waals surface area contributed by atoms with Gasteiger partial charge in [0.05, 0.1) is 0 Å². The topological polar surface area (TPSA) is 38.8 Å². The number of piperazine rings is 1. The lowest BCUT2D eigenvalue weighted by Gasteiger charge is -2.36. The molecule has 2 atom stereocenters. The number of carbonyl (C=O) groups excluding carboxylic acids is 1. The molecular formula is C21H34Cl2N4O. The molecule has 3 saturated heterocycles. The quantitative estimate of drug-likeness (QED) is 0.799. The monoisotopic (exact) mass is 428 g/mol. The fourth-order valence-electron chi connectivity index (χ4n) is 4.72. The number of nitrogens with zero attached hydrogens (tertiary/aromatic N) is 3. The maximum atomic E-state index is 12.6. The van der Waals surface area contributed by atoms with Crippen molar-refractivity contribution in [1.82, 2.24) is 15.1 Å². The van der Waals surface area contributed by atoms with Crippen molar-refractivity contribution in [1.29, 1.82) is 0 Å². The van der Waals surface area contributed by atoms with Gasteiger partial charge in [-0.1, -0.05) is 12.1 Å². The fourth-order valence-corrected chi connectivity index (χ4v) is 4.72. The van der Waals surface area contributed by atoms with E-state index in [2.05, 4.69) is 51.2 Å². The Hall–Kier alpha value is -1.01. The molecule has 5 nitrogen and oxygen atoms in total. The molecule has 0 radical (unpaired) electrons. The van der Waals surface area contributed by atoms with Crippen LogP contribution >= 0.6 is 24.8 Å². The minimum atomic E-state index is 0. The standard InChI is InChI=1S/C21H32N4O.2ClH/c1-17-4-2-6-19(14-17)24-12-10-23(11-13-24)9-7-21(26)25-15-18-5-3-8-22-20(18)16-25;;/h2,4,6,14,18,20,22H,3,5,7-13,15-16H2,1H3;2*1H/t18-,20+;;/m0../s1. The molecule has 1 N–H and O–H groups in total. The van der Waals surface area contributed by atoms with Gasteiger partial charge in [0.2, 0.25) is 5.91 Å². The smallest absolute Gasteiger partial charge is 0.223 e. The normalized spacial score (nSPS) is 24.9. The summed E-state index contributed by atoms with van der Waals surface area (Å²) < 4.78 is 0. The van der Waals surface area contributed by atoms with E-state index in [-0.39, 0.29) is 24.8 Å². The van der Waals surface area contributed by atoms with Crippen LogP contribution in [0.1, 0.15) is 24.8 Å². The Morgan fingerprint density at radius 3 is 2.64 bits per heavy atom. The highest BCUT2D eigenvalue weighted by molar-refractivity contribution is 5.85. The lowest BCUT2D eigenvalue weighted by atomic mass is 9.94. The Bertz CT molecular complexity index is 623. The first-order valence-corrected chi connectivity index (χ1v) is 10.2. The van der Waals surface area contributed by atoms with Crippen LogP contribution in [0.25, 0.3) is 0 Å². The summed E-state index contributed by atoms with van der Waals surface area (Å²) in [6, 6.07) is 9.30. The number of aryl methyl sites for hydroxylation is 1. The highest BCUT2D eigenvalue weighted by Crippen LogP contribution is 2.25. The maximum absolute atomic E-state index is 12.6. The molecule has 7 heteroatoms. The van der Waals surface area contributed by atoms with Gasteiger partial charge in [-0.15, -0.1) is 24.8 Å². The van der Waals surface area contributed by atoms with Crippen LogP contribution in [0.3, 0.4) is 0 Å². The van der Waals surface area contributed by atoms with Crippen LogP contribution in [0.4, 0.5) is 5.69 Å². The number of hydrogen-bond acceptors (Lipinski definition) is 4. The van der Waals surface area contributed by atoms with Gasteiger partial charge in [-0.05, 0) is 49.9 Å². The van der Waals surface area contributed by atoms with Crippen molar-refractivity contribution in [3.63, 3.8) is 0 Å². The predicted molar refractivity (Wildman–Crippen MR) is 120 cm³/mol. The summed E-state index contributed by atoms with van der Waals surface area (Å²) in [4.78, 5) is 19.6. The molecule has 158 valence electrons. The number of fused-ring (bicyclic) bond motifs is 1. The van der Waals surface area contributed by atoms with E-state index in [0.29, 0.717) is 24.3 Å². The lowest BCUT2D eigenvalue weighted by Crippen LogP contribution is -2.47. The minimum Gasteiger partial charge on any atom is -0.369 e. The van der Waals surface area contributed by atoms with Gasteiger partial charge in [-0.2, -0.15) is 0 Å². The van der Waals surface area contributed by atoms with E-state index in [1.165, 1.54) is 24.1 Å². The molecule has 1 aromatic carbocycles. The van der Waals surface area contributed by atoms with E-state index in [0.717, 1.165) is 52.4 Å². The summed E-state index contributed by atoms with van der Waals surface area (Å²) in [5.41, 5.74) is 2.64. The zero-order chi connectivity index (χ0) is 17.9. The molecule has 3 fully saturated rings. The Kier molecular flexibility index (Phi) is 8.87. The third kappa shape index (κ3) is 5.53. The highest BCUT2D eigenvalue weighted by atomic mass is 35.5. The van der Waals surface area contributed by atoms with Crippen molar-refractivity contribution in [3.05, 3.63) is 29.8 Å². The number of halogens is 2. The van der Waals surface area contributed by atoms with Crippen LogP contribution in [-0.2, 0) is 4.79 Å². The predicted octanol–water partition coefficient (Wildman–Crippen LogP) is 2.56. The Labute approximate surface area is 181 Å². The van der Waals surface area contributed by atoms with Crippen LogP contribution in [0, 0.1) is 12.8 Å². The van der Waals surface area contributed by atoms with Crippen molar-refractivity contribution in [2.24, 2.45) is 5.92 Å². The molecule has 0 spiro atoms. The molecule has 0 aromatic heterocycles.